The number of nitrogens with one attached hydrogen (secondary N) is 1. The fourth-order valence-electron chi connectivity index (χ4n) is 1.27. The van der Waals surface area contributed by atoms with Gasteiger partial charge in [0.15, 0.2) is 0 Å². The molecule has 0 heterocycles. The molecule has 0 bridgehead atoms. The molecule has 0 atom stereocenters. The molecule has 0 fully saturated rings. The van der Waals surface area contributed by atoms with Gasteiger partial charge in [-0.2, -0.15) is 0 Å². The maximum atomic E-state index is 11.4. The van der Waals surface area contributed by atoms with Crippen molar-refractivity contribution in [3.63, 3.8) is 0 Å². The molecule has 0 aromatic heterocycles. The number of anilines is 1. The highest BCUT2D eigenvalue weighted by molar-refractivity contribution is 6.31. The molecule has 2 amide bonds. The molecule has 86 valence electrons. The summed E-state index contributed by atoms with van der Waals surface area (Å²) in [6, 6.07) is 4.59. The van der Waals surface area contributed by atoms with Crippen molar-refractivity contribution in [2.24, 2.45) is 5.73 Å². The monoisotopic (exact) mass is 240 g/mol. The van der Waals surface area contributed by atoms with Gasteiger partial charge in [0, 0.05) is 11.4 Å². The number of benzene rings is 1. The zero-order chi connectivity index (χ0) is 12.1. The number of halogens is 1. The second kappa shape index (κ2) is 5.51. The van der Waals surface area contributed by atoms with Crippen molar-refractivity contribution in [3.8, 4) is 0 Å². The molecule has 1 aromatic carbocycles. The summed E-state index contributed by atoms with van der Waals surface area (Å²) in [4.78, 5) is 22.5. The average molecular weight is 241 g/mol. The zero-order valence-electron chi connectivity index (χ0n) is 8.92. The van der Waals surface area contributed by atoms with E-state index in [4.69, 9.17) is 17.3 Å². The van der Waals surface area contributed by atoms with Gasteiger partial charge in [-0.3, -0.25) is 9.59 Å². The van der Waals surface area contributed by atoms with Gasteiger partial charge in [0.05, 0.1) is 11.3 Å². The topological polar surface area (TPSA) is 72.2 Å². The van der Waals surface area contributed by atoms with E-state index in [1.54, 1.807) is 12.1 Å². The number of nitrogens with two attached hydrogens (primary N) is 1. The number of hydrogen-bond donors (Lipinski definition) is 2. The maximum Gasteiger partial charge on any atom is 0.250 e. The first kappa shape index (κ1) is 12.5. The Labute approximate surface area is 98.8 Å². The summed E-state index contributed by atoms with van der Waals surface area (Å²) >= 11 is 5.74. The van der Waals surface area contributed by atoms with Crippen molar-refractivity contribution in [1.29, 1.82) is 0 Å². The average Bonchev–Trinajstić information content (AvgIpc) is 2.20. The minimum Gasteiger partial charge on any atom is -0.366 e. The van der Waals surface area contributed by atoms with E-state index in [1.165, 1.54) is 6.07 Å². The van der Waals surface area contributed by atoms with Gasteiger partial charge in [0.1, 0.15) is 0 Å². The van der Waals surface area contributed by atoms with E-state index < -0.39 is 5.91 Å². The number of carbonyl (C=O) groups excluding carboxylic acids is 2. The number of hydrogen-bond acceptors (Lipinski definition) is 2. The van der Waals surface area contributed by atoms with Gasteiger partial charge < -0.3 is 11.1 Å². The Kier molecular flexibility index (Phi) is 4.31. The molecule has 0 saturated carbocycles. The smallest absolute Gasteiger partial charge is 0.250 e. The highest BCUT2D eigenvalue weighted by Crippen LogP contribution is 2.20. The molecule has 0 aliphatic heterocycles. The van der Waals surface area contributed by atoms with Gasteiger partial charge in [-0.15, -0.1) is 0 Å². The van der Waals surface area contributed by atoms with Crippen LogP contribution in [0.25, 0.3) is 0 Å². The standard InChI is InChI=1S/C11H13ClN2O2/c1-2-3-10(15)14-9-5-4-7(12)6-8(9)11(13)16/h4-6H,2-3H2,1H3,(H2,13,16)(H,14,15). The fraction of sp³-hybridized carbons (Fsp3) is 0.273. The van der Waals surface area contributed by atoms with Crippen molar-refractivity contribution in [2.45, 2.75) is 19.8 Å². The van der Waals surface area contributed by atoms with Crippen LogP contribution in [-0.4, -0.2) is 11.8 Å². The molecule has 0 saturated heterocycles. The first-order valence-electron chi connectivity index (χ1n) is 4.93. The molecular formula is C11H13ClN2O2. The lowest BCUT2D eigenvalue weighted by atomic mass is 10.1. The van der Waals surface area contributed by atoms with E-state index >= 15 is 0 Å². The Hall–Kier alpha value is -1.55. The Bertz CT molecular complexity index is 418. The quantitative estimate of drug-likeness (QED) is 0.847. The van der Waals surface area contributed by atoms with Crippen LogP contribution in [0.1, 0.15) is 30.1 Å². The van der Waals surface area contributed by atoms with Gasteiger partial charge in [-0.25, -0.2) is 0 Å². The lowest BCUT2D eigenvalue weighted by Crippen LogP contribution is -2.17. The maximum absolute atomic E-state index is 11.4. The molecule has 3 N–H and O–H groups in total. The second-order valence-electron chi connectivity index (χ2n) is 3.35. The van der Waals surface area contributed by atoms with Gasteiger partial charge in [-0.05, 0) is 24.6 Å². The van der Waals surface area contributed by atoms with E-state index in [-0.39, 0.29) is 11.5 Å². The van der Waals surface area contributed by atoms with Crippen molar-refractivity contribution in [1.82, 2.24) is 0 Å². The van der Waals surface area contributed by atoms with Gasteiger partial charge in [0.25, 0.3) is 5.91 Å². The number of primary amides is 1. The summed E-state index contributed by atoms with van der Waals surface area (Å²) in [5.41, 5.74) is 5.80. The molecule has 0 unspecified atom stereocenters. The summed E-state index contributed by atoms with van der Waals surface area (Å²) in [5.74, 6) is -0.762. The largest absolute Gasteiger partial charge is 0.366 e. The Morgan fingerprint density at radius 2 is 2.12 bits per heavy atom. The molecule has 5 heteroatoms. The van der Waals surface area contributed by atoms with E-state index in [0.717, 1.165) is 6.42 Å². The third-order valence-corrected chi connectivity index (χ3v) is 2.23. The highest BCUT2D eigenvalue weighted by Gasteiger charge is 2.10. The van der Waals surface area contributed by atoms with Crippen molar-refractivity contribution in [2.75, 3.05) is 5.32 Å². The summed E-state index contributed by atoms with van der Waals surface area (Å²) in [6.07, 6.45) is 1.14. The van der Waals surface area contributed by atoms with Crippen LogP contribution < -0.4 is 11.1 Å². The Morgan fingerprint density at radius 1 is 1.44 bits per heavy atom. The Balaban J connectivity index is 2.95. The highest BCUT2D eigenvalue weighted by atomic mass is 35.5. The van der Waals surface area contributed by atoms with Crippen LogP contribution >= 0.6 is 11.6 Å². The summed E-state index contributed by atoms with van der Waals surface area (Å²) in [6.45, 7) is 1.90. The first-order chi connectivity index (χ1) is 7.54. The van der Waals surface area contributed by atoms with Crippen LogP contribution in [-0.2, 0) is 4.79 Å². The zero-order valence-corrected chi connectivity index (χ0v) is 9.67. The molecule has 16 heavy (non-hydrogen) atoms. The predicted octanol–water partition coefficient (Wildman–Crippen LogP) is 2.18. The molecule has 1 aromatic rings. The van der Waals surface area contributed by atoms with Crippen LogP contribution in [0.15, 0.2) is 18.2 Å². The van der Waals surface area contributed by atoms with Crippen molar-refractivity contribution >= 4 is 29.1 Å². The van der Waals surface area contributed by atoms with Crippen LogP contribution in [0.4, 0.5) is 5.69 Å². The van der Waals surface area contributed by atoms with Gasteiger partial charge >= 0.3 is 0 Å². The van der Waals surface area contributed by atoms with E-state index in [1.807, 2.05) is 6.92 Å². The predicted molar refractivity (Wildman–Crippen MR) is 63.5 cm³/mol. The van der Waals surface area contributed by atoms with Crippen molar-refractivity contribution < 1.29 is 9.59 Å². The van der Waals surface area contributed by atoms with E-state index in [0.29, 0.717) is 17.1 Å². The normalized spacial score (nSPS) is 9.88. The van der Waals surface area contributed by atoms with E-state index in [9.17, 15) is 9.59 Å². The molecule has 0 radical (unpaired) electrons. The van der Waals surface area contributed by atoms with Crippen LogP contribution in [0, 0.1) is 0 Å². The minimum absolute atomic E-state index is 0.146. The summed E-state index contributed by atoms with van der Waals surface area (Å²) in [5, 5.41) is 3.03. The van der Waals surface area contributed by atoms with E-state index in [2.05, 4.69) is 5.32 Å². The third kappa shape index (κ3) is 3.24. The fourth-order valence-corrected chi connectivity index (χ4v) is 1.44. The SMILES string of the molecule is CCCC(=O)Nc1ccc(Cl)cc1C(N)=O. The first-order valence-corrected chi connectivity index (χ1v) is 5.31. The third-order valence-electron chi connectivity index (χ3n) is 2.00. The Morgan fingerprint density at radius 3 is 2.69 bits per heavy atom. The van der Waals surface area contributed by atoms with Crippen molar-refractivity contribution in [3.05, 3.63) is 28.8 Å². The van der Waals surface area contributed by atoms with Gasteiger partial charge in [0.2, 0.25) is 5.91 Å². The molecular weight excluding hydrogens is 228 g/mol. The van der Waals surface area contributed by atoms with Crippen LogP contribution in [0.3, 0.4) is 0 Å². The number of carbonyl (C=O) groups is 2. The molecule has 0 aliphatic rings. The number of amides is 2. The van der Waals surface area contributed by atoms with Gasteiger partial charge in [-0.1, -0.05) is 18.5 Å². The molecule has 1 rings (SSSR count). The summed E-state index contributed by atoms with van der Waals surface area (Å²) < 4.78 is 0. The molecule has 4 nitrogen and oxygen atoms in total. The lowest BCUT2D eigenvalue weighted by Gasteiger charge is -2.08. The number of rotatable bonds is 4. The summed E-state index contributed by atoms with van der Waals surface area (Å²) in [7, 11) is 0. The van der Waals surface area contributed by atoms with Crippen LogP contribution in [0.5, 0.6) is 0 Å². The molecule has 0 spiro atoms. The second-order valence-corrected chi connectivity index (χ2v) is 3.79. The molecule has 0 aliphatic carbocycles. The minimum atomic E-state index is -0.616. The van der Waals surface area contributed by atoms with Crippen LogP contribution in [0.2, 0.25) is 5.02 Å². The lowest BCUT2D eigenvalue weighted by molar-refractivity contribution is -0.116.